The van der Waals surface area contributed by atoms with E-state index < -0.39 is 11.8 Å². The molecule has 1 rings (SSSR count). The van der Waals surface area contributed by atoms with Crippen LogP contribution in [0.3, 0.4) is 0 Å². The van der Waals surface area contributed by atoms with Gasteiger partial charge >= 0.3 is 5.97 Å². The van der Waals surface area contributed by atoms with Gasteiger partial charge in [0.2, 0.25) is 0 Å². The summed E-state index contributed by atoms with van der Waals surface area (Å²) < 4.78 is 13.7. The van der Waals surface area contributed by atoms with Crippen molar-refractivity contribution in [2.45, 2.75) is 32.9 Å². The fraction of sp³-hybridized carbons (Fsp3) is 0.462. The fourth-order valence-corrected chi connectivity index (χ4v) is 1.79. The van der Waals surface area contributed by atoms with Crippen LogP contribution in [0.25, 0.3) is 0 Å². The predicted molar refractivity (Wildman–Crippen MR) is 69.2 cm³/mol. The molecule has 0 aliphatic heterocycles. The zero-order valence-electron chi connectivity index (χ0n) is 10.7. The average molecular weight is 274 g/mol. The SMILES string of the molecule is CC(C)(C)N(CC(=O)O)Cc1c(F)cccc1Cl. The Hall–Kier alpha value is -1.13. The van der Waals surface area contributed by atoms with E-state index in [1.807, 2.05) is 20.8 Å². The summed E-state index contributed by atoms with van der Waals surface area (Å²) in [5.41, 5.74) is -0.0559. The van der Waals surface area contributed by atoms with Crippen molar-refractivity contribution in [3.05, 3.63) is 34.6 Å². The summed E-state index contributed by atoms with van der Waals surface area (Å²) in [5.74, 6) is -1.36. The van der Waals surface area contributed by atoms with E-state index in [2.05, 4.69) is 0 Å². The Balaban J connectivity index is 3.00. The Bertz CT molecular complexity index is 423. The van der Waals surface area contributed by atoms with Crippen molar-refractivity contribution in [2.75, 3.05) is 6.54 Å². The summed E-state index contributed by atoms with van der Waals surface area (Å²) in [5, 5.41) is 9.21. The number of carbonyl (C=O) groups is 1. The molecular weight excluding hydrogens is 257 g/mol. The van der Waals surface area contributed by atoms with Gasteiger partial charge in [0.15, 0.2) is 0 Å². The van der Waals surface area contributed by atoms with Gasteiger partial charge in [-0.05, 0) is 32.9 Å². The van der Waals surface area contributed by atoms with Gasteiger partial charge in [0.05, 0.1) is 6.54 Å². The normalized spacial score (nSPS) is 11.9. The lowest BCUT2D eigenvalue weighted by Gasteiger charge is -2.34. The third-order valence-corrected chi connectivity index (χ3v) is 3.04. The molecular formula is C13H17ClFNO2. The molecule has 0 unspecified atom stereocenters. The van der Waals surface area contributed by atoms with E-state index in [9.17, 15) is 9.18 Å². The molecule has 1 N–H and O–H groups in total. The van der Waals surface area contributed by atoms with Gasteiger partial charge in [-0.25, -0.2) is 4.39 Å². The number of nitrogens with zero attached hydrogens (tertiary/aromatic N) is 1. The van der Waals surface area contributed by atoms with E-state index in [1.165, 1.54) is 12.1 Å². The number of carboxylic acids is 1. The first-order valence-electron chi connectivity index (χ1n) is 5.61. The van der Waals surface area contributed by atoms with Crippen LogP contribution in [-0.4, -0.2) is 28.1 Å². The largest absolute Gasteiger partial charge is 0.480 e. The summed E-state index contributed by atoms with van der Waals surface area (Å²) in [6, 6.07) is 4.45. The zero-order chi connectivity index (χ0) is 13.9. The summed E-state index contributed by atoms with van der Waals surface area (Å²) in [6.07, 6.45) is 0. The summed E-state index contributed by atoms with van der Waals surface area (Å²) in [4.78, 5) is 12.5. The molecule has 0 heterocycles. The van der Waals surface area contributed by atoms with E-state index in [1.54, 1.807) is 11.0 Å². The van der Waals surface area contributed by atoms with Crippen molar-refractivity contribution in [3.8, 4) is 0 Å². The third-order valence-electron chi connectivity index (χ3n) is 2.69. The van der Waals surface area contributed by atoms with Gasteiger partial charge < -0.3 is 5.11 Å². The zero-order valence-corrected chi connectivity index (χ0v) is 11.5. The smallest absolute Gasteiger partial charge is 0.317 e. The van der Waals surface area contributed by atoms with E-state index >= 15 is 0 Å². The highest BCUT2D eigenvalue weighted by Crippen LogP contribution is 2.24. The van der Waals surface area contributed by atoms with Crippen LogP contribution in [0.2, 0.25) is 5.02 Å². The van der Waals surface area contributed by atoms with Gasteiger partial charge in [0.1, 0.15) is 5.82 Å². The van der Waals surface area contributed by atoms with E-state index in [4.69, 9.17) is 16.7 Å². The molecule has 0 saturated carbocycles. The van der Waals surface area contributed by atoms with Crippen LogP contribution in [-0.2, 0) is 11.3 Å². The monoisotopic (exact) mass is 273 g/mol. The first-order valence-corrected chi connectivity index (χ1v) is 5.99. The minimum atomic E-state index is -0.947. The maximum absolute atomic E-state index is 13.7. The molecule has 0 aliphatic carbocycles. The van der Waals surface area contributed by atoms with E-state index in [0.29, 0.717) is 10.6 Å². The van der Waals surface area contributed by atoms with Gasteiger partial charge in [-0.15, -0.1) is 0 Å². The molecule has 0 atom stereocenters. The predicted octanol–water partition coefficient (Wildman–Crippen LogP) is 3.16. The van der Waals surface area contributed by atoms with Crippen molar-refractivity contribution in [1.82, 2.24) is 4.90 Å². The van der Waals surface area contributed by atoms with Gasteiger partial charge in [-0.3, -0.25) is 9.69 Å². The Morgan fingerprint density at radius 1 is 1.44 bits per heavy atom. The van der Waals surface area contributed by atoms with Crippen LogP contribution in [0.15, 0.2) is 18.2 Å². The lowest BCUT2D eigenvalue weighted by atomic mass is 10.0. The molecule has 0 saturated heterocycles. The molecule has 0 amide bonds. The summed E-state index contributed by atoms with van der Waals surface area (Å²) in [7, 11) is 0. The number of benzene rings is 1. The lowest BCUT2D eigenvalue weighted by molar-refractivity contribution is -0.139. The second-order valence-corrected chi connectivity index (χ2v) is 5.53. The molecule has 1 aromatic rings. The molecule has 100 valence electrons. The van der Waals surface area contributed by atoms with Crippen LogP contribution >= 0.6 is 11.6 Å². The van der Waals surface area contributed by atoms with Crippen LogP contribution in [0.1, 0.15) is 26.3 Å². The molecule has 0 radical (unpaired) electrons. The van der Waals surface area contributed by atoms with Crippen molar-refractivity contribution in [2.24, 2.45) is 0 Å². The Morgan fingerprint density at radius 3 is 2.50 bits per heavy atom. The number of hydrogen-bond acceptors (Lipinski definition) is 2. The summed E-state index contributed by atoms with van der Waals surface area (Å²) >= 11 is 5.95. The van der Waals surface area contributed by atoms with E-state index in [0.717, 1.165) is 0 Å². The van der Waals surface area contributed by atoms with Crippen molar-refractivity contribution < 1.29 is 14.3 Å². The number of rotatable bonds is 4. The number of hydrogen-bond donors (Lipinski definition) is 1. The number of aliphatic carboxylic acids is 1. The Morgan fingerprint density at radius 2 is 2.06 bits per heavy atom. The Labute approximate surface area is 111 Å². The van der Waals surface area contributed by atoms with Gasteiger partial charge in [0, 0.05) is 22.7 Å². The maximum Gasteiger partial charge on any atom is 0.317 e. The molecule has 0 spiro atoms. The first-order chi connectivity index (χ1) is 8.21. The van der Waals surface area contributed by atoms with Gasteiger partial charge in [0.25, 0.3) is 0 Å². The lowest BCUT2D eigenvalue weighted by Crippen LogP contribution is -2.44. The van der Waals surface area contributed by atoms with Gasteiger partial charge in [-0.1, -0.05) is 17.7 Å². The van der Waals surface area contributed by atoms with Crippen molar-refractivity contribution in [3.63, 3.8) is 0 Å². The van der Waals surface area contributed by atoms with Crippen LogP contribution < -0.4 is 0 Å². The molecule has 1 aromatic carbocycles. The fourth-order valence-electron chi connectivity index (χ4n) is 1.57. The first kappa shape index (κ1) is 14.9. The van der Waals surface area contributed by atoms with Gasteiger partial charge in [-0.2, -0.15) is 0 Å². The quantitative estimate of drug-likeness (QED) is 0.916. The molecule has 0 aliphatic rings. The molecule has 5 heteroatoms. The average Bonchev–Trinajstić information content (AvgIpc) is 2.20. The highest BCUT2D eigenvalue weighted by molar-refractivity contribution is 6.31. The maximum atomic E-state index is 13.7. The minimum absolute atomic E-state index is 0.159. The molecule has 3 nitrogen and oxygen atoms in total. The minimum Gasteiger partial charge on any atom is -0.480 e. The molecule has 0 fully saturated rings. The summed E-state index contributed by atoms with van der Waals surface area (Å²) in [6.45, 7) is 5.65. The van der Waals surface area contributed by atoms with E-state index in [-0.39, 0.29) is 18.6 Å². The van der Waals surface area contributed by atoms with Crippen molar-refractivity contribution in [1.29, 1.82) is 0 Å². The molecule has 0 bridgehead atoms. The highest BCUT2D eigenvalue weighted by Gasteiger charge is 2.25. The highest BCUT2D eigenvalue weighted by atomic mass is 35.5. The Kier molecular flexibility index (Phi) is 4.71. The second-order valence-electron chi connectivity index (χ2n) is 5.12. The van der Waals surface area contributed by atoms with Crippen molar-refractivity contribution >= 4 is 17.6 Å². The molecule has 0 aromatic heterocycles. The van der Waals surface area contributed by atoms with Crippen LogP contribution in [0.4, 0.5) is 4.39 Å². The number of carboxylic acid groups (broad SMARTS) is 1. The topological polar surface area (TPSA) is 40.5 Å². The van der Waals surface area contributed by atoms with Crippen LogP contribution in [0, 0.1) is 5.82 Å². The standard InChI is InChI=1S/C13H17ClFNO2/c1-13(2,3)16(8-12(17)18)7-9-10(14)5-4-6-11(9)15/h4-6H,7-8H2,1-3H3,(H,17,18). The van der Waals surface area contributed by atoms with Crippen LogP contribution in [0.5, 0.6) is 0 Å². The second kappa shape index (κ2) is 5.67. The molecule has 18 heavy (non-hydrogen) atoms. The number of halogens is 2. The third kappa shape index (κ3) is 3.96.